The van der Waals surface area contributed by atoms with Crippen LogP contribution in [0.5, 0.6) is 0 Å². The maximum Gasteiger partial charge on any atom is 0.183 e. The number of rotatable bonds is 7. The Morgan fingerprint density at radius 2 is 1.88 bits per heavy atom. The fourth-order valence-electron chi connectivity index (χ4n) is 3.38. The van der Waals surface area contributed by atoms with Gasteiger partial charge in [-0.1, -0.05) is 19.1 Å². The molecule has 0 radical (unpaired) electrons. The second-order valence-corrected chi connectivity index (χ2v) is 6.53. The van der Waals surface area contributed by atoms with Crippen LogP contribution in [0, 0.1) is 0 Å². The van der Waals surface area contributed by atoms with Gasteiger partial charge in [-0.25, -0.2) is 0 Å². The highest BCUT2D eigenvalue weighted by Gasteiger charge is 2.42. The number of nitrogens with zero attached hydrogens (tertiary/aromatic N) is 2. The van der Waals surface area contributed by atoms with E-state index in [1.54, 1.807) is 0 Å². The molecule has 0 aromatic heterocycles. The molecule has 4 heteroatoms. The number of carbonyl (C=O) groups is 1. The van der Waals surface area contributed by atoms with Gasteiger partial charge in [-0.3, -0.25) is 9.69 Å². The van der Waals surface area contributed by atoms with Gasteiger partial charge in [-0.2, -0.15) is 0 Å². The molecule has 1 aromatic carbocycles. The Bertz CT molecular complexity index is 560. The van der Waals surface area contributed by atoms with Crippen LogP contribution in [0.3, 0.4) is 0 Å². The molecule has 132 valence electrons. The molecule has 24 heavy (non-hydrogen) atoms. The molecule has 1 heterocycles. The summed E-state index contributed by atoms with van der Waals surface area (Å²) >= 11 is 0. The number of morpholine rings is 1. The van der Waals surface area contributed by atoms with Crippen LogP contribution in [-0.4, -0.2) is 56.6 Å². The molecular formula is C20H30N2O2. The summed E-state index contributed by atoms with van der Waals surface area (Å²) in [7, 11) is 4.01. The third-order valence-electron chi connectivity index (χ3n) is 4.96. The van der Waals surface area contributed by atoms with Crippen LogP contribution in [0.4, 0.5) is 5.69 Å². The number of benzene rings is 1. The van der Waals surface area contributed by atoms with E-state index in [-0.39, 0.29) is 5.78 Å². The third-order valence-corrected chi connectivity index (χ3v) is 4.96. The van der Waals surface area contributed by atoms with Gasteiger partial charge in [0.15, 0.2) is 5.78 Å². The molecule has 0 aliphatic carbocycles. The molecule has 1 aliphatic heterocycles. The highest BCUT2D eigenvalue weighted by atomic mass is 16.5. The summed E-state index contributed by atoms with van der Waals surface area (Å²) in [6, 6.07) is 7.95. The quantitative estimate of drug-likeness (QED) is 0.567. The SMILES string of the molecule is C/C=C/CC(CC)(C(=O)c1ccc(N(C)C)cc1)N1CCOCC1. The van der Waals surface area contributed by atoms with Crippen molar-refractivity contribution in [3.05, 3.63) is 42.0 Å². The van der Waals surface area contributed by atoms with Crippen LogP contribution in [0.1, 0.15) is 37.0 Å². The number of ketones is 1. The Morgan fingerprint density at radius 1 is 1.25 bits per heavy atom. The average Bonchev–Trinajstić information content (AvgIpc) is 2.63. The van der Waals surface area contributed by atoms with E-state index in [2.05, 4.69) is 17.9 Å². The summed E-state index contributed by atoms with van der Waals surface area (Å²) in [6.07, 6.45) is 5.69. The first-order valence-electron chi connectivity index (χ1n) is 8.81. The maximum absolute atomic E-state index is 13.5. The van der Waals surface area contributed by atoms with Crippen molar-refractivity contribution in [2.75, 3.05) is 45.3 Å². The zero-order valence-corrected chi connectivity index (χ0v) is 15.4. The first kappa shape index (κ1) is 18.7. The standard InChI is InChI=1S/C20H30N2O2/c1-5-7-12-20(6-2,22-13-15-24-16-14-22)19(23)17-8-10-18(11-9-17)21(3)4/h5,7-11H,6,12-16H2,1-4H3/b7-5+. The normalized spacial score (nSPS) is 18.5. The monoisotopic (exact) mass is 330 g/mol. The Balaban J connectivity index is 2.35. The number of Topliss-reactive ketones (excluding diaryl/α,β-unsaturated/α-hetero) is 1. The van der Waals surface area contributed by atoms with Gasteiger partial charge in [0.25, 0.3) is 0 Å². The number of ether oxygens (including phenoxy) is 1. The van der Waals surface area contributed by atoms with Gasteiger partial charge in [0.1, 0.15) is 0 Å². The van der Waals surface area contributed by atoms with Crippen molar-refractivity contribution in [3.8, 4) is 0 Å². The van der Waals surface area contributed by atoms with E-state index in [4.69, 9.17) is 4.74 Å². The van der Waals surface area contributed by atoms with Crippen molar-refractivity contribution in [3.63, 3.8) is 0 Å². The van der Waals surface area contributed by atoms with Gasteiger partial charge in [0, 0.05) is 38.4 Å². The maximum atomic E-state index is 13.5. The first-order valence-corrected chi connectivity index (χ1v) is 8.81. The molecule has 0 saturated carbocycles. The summed E-state index contributed by atoms with van der Waals surface area (Å²) in [5, 5.41) is 0. The van der Waals surface area contributed by atoms with E-state index in [1.165, 1.54) is 0 Å². The molecule has 0 spiro atoms. The number of allylic oxidation sites excluding steroid dienone is 1. The molecule has 0 amide bonds. The number of anilines is 1. The van der Waals surface area contributed by atoms with Crippen LogP contribution in [-0.2, 0) is 4.74 Å². The third kappa shape index (κ3) is 3.87. The molecule has 0 N–H and O–H groups in total. The fourth-order valence-corrected chi connectivity index (χ4v) is 3.38. The lowest BCUT2D eigenvalue weighted by Crippen LogP contribution is -2.57. The molecule has 4 nitrogen and oxygen atoms in total. The Kier molecular flexibility index (Phi) is 6.58. The fraction of sp³-hybridized carbons (Fsp3) is 0.550. The van der Waals surface area contributed by atoms with Crippen LogP contribution in [0.2, 0.25) is 0 Å². The smallest absolute Gasteiger partial charge is 0.183 e. The van der Waals surface area contributed by atoms with E-state index < -0.39 is 5.54 Å². The molecule has 0 bridgehead atoms. The average molecular weight is 330 g/mol. The van der Waals surface area contributed by atoms with Gasteiger partial charge in [-0.05, 0) is 44.0 Å². The van der Waals surface area contributed by atoms with Crippen molar-refractivity contribution in [2.45, 2.75) is 32.2 Å². The molecule has 1 atom stereocenters. The highest BCUT2D eigenvalue weighted by molar-refractivity contribution is 6.03. The number of hydrogen-bond donors (Lipinski definition) is 0. The summed E-state index contributed by atoms with van der Waals surface area (Å²) in [5.74, 6) is 0.218. The zero-order chi connectivity index (χ0) is 17.6. The second-order valence-electron chi connectivity index (χ2n) is 6.53. The van der Waals surface area contributed by atoms with Gasteiger partial charge in [0.05, 0.1) is 18.8 Å². The second kappa shape index (κ2) is 8.45. The molecule has 1 aliphatic rings. The van der Waals surface area contributed by atoms with Crippen LogP contribution in [0.25, 0.3) is 0 Å². The molecule has 1 fully saturated rings. The molecule has 1 saturated heterocycles. The van der Waals surface area contributed by atoms with Crippen molar-refractivity contribution >= 4 is 11.5 Å². The lowest BCUT2D eigenvalue weighted by molar-refractivity contribution is -0.0154. The van der Waals surface area contributed by atoms with Crippen molar-refractivity contribution in [2.24, 2.45) is 0 Å². The van der Waals surface area contributed by atoms with E-state index in [1.807, 2.05) is 56.3 Å². The Morgan fingerprint density at radius 3 is 2.38 bits per heavy atom. The first-order chi connectivity index (χ1) is 11.5. The summed E-state index contributed by atoms with van der Waals surface area (Å²) in [6.45, 7) is 7.15. The van der Waals surface area contributed by atoms with Crippen LogP contribution < -0.4 is 4.90 Å². The van der Waals surface area contributed by atoms with Crippen molar-refractivity contribution in [1.82, 2.24) is 4.90 Å². The van der Waals surface area contributed by atoms with E-state index >= 15 is 0 Å². The van der Waals surface area contributed by atoms with E-state index in [0.29, 0.717) is 13.2 Å². The molecule has 1 unspecified atom stereocenters. The van der Waals surface area contributed by atoms with Gasteiger partial charge in [-0.15, -0.1) is 0 Å². The topological polar surface area (TPSA) is 32.8 Å². The molecule has 1 aromatic rings. The van der Waals surface area contributed by atoms with E-state index in [0.717, 1.165) is 37.2 Å². The molecule has 2 rings (SSSR count). The molecular weight excluding hydrogens is 300 g/mol. The minimum absolute atomic E-state index is 0.218. The Hall–Kier alpha value is -1.65. The largest absolute Gasteiger partial charge is 0.379 e. The lowest BCUT2D eigenvalue weighted by Gasteiger charge is -2.44. The van der Waals surface area contributed by atoms with Crippen LogP contribution >= 0.6 is 0 Å². The lowest BCUT2D eigenvalue weighted by atomic mass is 9.81. The number of hydrogen-bond acceptors (Lipinski definition) is 4. The highest BCUT2D eigenvalue weighted by Crippen LogP contribution is 2.31. The summed E-state index contributed by atoms with van der Waals surface area (Å²) < 4.78 is 5.49. The van der Waals surface area contributed by atoms with Gasteiger partial charge < -0.3 is 9.64 Å². The van der Waals surface area contributed by atoms with Crippen molar-refractivity contribution < 1.29 is 9.53 Å². The minimum Gasteiger partial charge on any atom is -0.379 e. The summed E-state index contributed by atoms with van der Waals surface area (Å²) in [5.41, 5.74) is 1.42. The summed E-state index contributed by atoms with van der Waals surface area (Å²) in [4.78, 5) is 17.8. The van der Waals surface area contributed by atoms with Gasteiger partial charge in [0.2, 0.25) is 0 Å². The van der Waals surface area contributed by atoms with E-state index in [9.17, 15) is 4.79 Å². The number of carbonyl (C=O) groups excluding carboxylic acids is 1. The zero-order valence-electron chi connectivity index (χ0n) is 15.4. The van der Waals surface area contributed by atoms with Crippen molar-refractivity contribution in [1.29, 1.82) is 0 Å². The predicted molar refractivity (Wildman–Crippen MR) is 99.9 cm³/mol. The van der Waals surface area contributed by atoms with Crippen LogP contribution in [0.15, 0.2) is 36.4 Å². The van der Waals surface area contributed by atoms with Gasteiger partial charge >= 0.3 is 0 Å². The Labute approximate surface area is 146 Å². The minimum atomic E-state index is -0.476. The predicted octanol–water partition coefficient (Wildman–Crippen LogP) is 3.38.